The van der Waals surface area contributed by atoms with Crippen LogP contribution in [0.15, 0.2) is 53.3 Å². The van der Waals surface area contributed by atoms with Crippen molar-refractivity contribution in [3.8, 4) is 0 Å². The van der Waals surface area contributed by atoms with E-state index >= 15 is 0 Å². The predicted molar refractivity (Wildman–Crippen MR) is 143 cm³/mol. The highest BCUT2D eigenvalue weighted by Crippen LogP contribution is 2.33. The number of hydrogen-bond donors (Lipinski definition) is 1. The fourth-order valence-electron chi connectivity index (χ4n) is 5.66. The average molecular weight is 485 g/mol. The summed E-state index contributed by atoms with van der Waals surface area (Å²) in [6, 6.07) is 17.1. The molecule has 1 aliphatic carbocycles. The highest BCUT2D eigenvalue weighted by molar-refractivity contribution is 5.85. The average Bonchev–Trinajstić information content (AvgIpc) is 3.38. The summed E-state index contributed by atoms with van der Waals surface area (Å²) in [5.41, 5.74) is 5.11. The summed E-state index contributed by atoms with van der Waals surface area (Å²) >= 11 is 0. The summed E-state index contributed by atoms with van der Waals surface area (Å²) in [5.74, 6) is 0.907. The van der Waals surface area contributed by atoms with Gasteiger partial charge in [-0.25, -0.2) is 4.68 Å². The van der Waals surface area contributed by atoms with Crippen molar-refractivity contribution >= 4 is 10.9 Å². The van der Waals surface area contributed by atoms with Gasteiger partial charge >= 0.3 is 0 Å². The van der Waals surface area contributed by atoms with E-state index in [9.17, 15) is 4.79 Å². The lowest BCUT2D eigenvalue weighted by Gasteiger charge is -2.32. The van der Waals surface area contributed by atoms with E-state index in [0.29, 0.717) is 19.1 Å². The van der Waals surface area contributed by atoms with Gasteiger partial charge in [0, 0.05) is 24.0 Å². The van der Waals surface area contributed by atoms with Crippen molar-refractivity contribution < 1.29 is 0 Å². The smallest absolute Gasteiger partial charge is 0.252 e. The Bertz CT molecular complexity index is 1370. The van der Waals surface area contributed by atoms with Gasteiger partial charge in [-0.15, -0.1) is 5.10 Å². The van der Waals surface area contributed by atoms with Gasteiger partial charge in [0.15, 0.2) is 5.82 Å². The number of aromatic nitrogens is 5. The molecule has 0 amide bonds. The van der Waals surface area contributed by atoms with Gasteiger partial charge in [-0.05, 0) is 66.3 Å². The third-order valence-electron chi connectivity index (χ3n) is 7.69. The molecule has 36 heavy (non-hydrogen) atoms. The van der Waals surface area contributed by atoms with E-state index in [2.05, 4.69) is 86.4 Å². The van der Waals surface area contributed by atoms with Crippen LogP contribution in [0.3, 0.4) is 0 Å². The van der Waals surface area contributed by atoms with Crippen molar-refractivity contribution in [1.82, 2.24) is 30.1 Å². The topological polar surface area (TPSA) is 79.7 Å². The van der Waals surface area contributed by atoms with Crippen LogP contribution >= 0.6 is 0 Å². The minimum absolute atomic E-state index is 0.00386. The second-order valence-corrected chi connectivity index (χ2v) is 10.2. The quantitative estimate of drug-likeness (QED) is 0.342. The number of aryl methyl sites for hydroxylation is 2. The minimum atomic E-state index is -0.0315. The number of rotatable bonds is 8. The summed E-state index contributed by atoms with van der Waals surface area (Å²) in [5, 5.41) is 14.2. The highest BCUT2D eigenvalue weighted by Gasteiger charge is 2.29. The van der Waals surface area contributed by atoms with Crippen LogP contribution in [0.5, 0.6) is 0 Å². The van der Waals surface area contributed by atoms with Gasteiger partial charge in [-0.3, -0.25) is 9.69 Å². The maximum atomic E-state index is 13.3. The number of hydrogen-bond acceptors (Lipinski definition) is 5. The number of nitrogens with one attached hydrogen (secondary N) is 1. The summed E-state index contributed by atoms with van der Waals surface area (Å²) in [7, 11) is 0. The number of benzene rings is 2. The molecule has 4 aromatic rings. The van der Waals surface area contributed by atoms with Crippen LogP contribution in [0.4, 0.5) is 0 Å². The van der Waals surface area contributed by atoms with Gasteiger partial charge in [0.25, 0.3) is 5.56 Å². The molecule has 0 radical (unpaired) electrons. The molecule has 7 heteroatoms. The molecule has 1 atom stereocenters. The van der Waals surface area contributed by atoms with Crippen molar-refractivity contribution in [3.63, 3.8) is 0 Å². The standard InChI is InChI=1S/C29H36N6O/c1-4-26(28-31-32-33-35(28)24-13-9-6-10-14-24)34(18-22-11-7-5-8-12-22)19-23-17-25-20(2)15-16-21(3)27(25)30-29(23)36/h5,7-8,11-12,15-17,24,26H,4,6,9-10,13-14,18-19H2,1-3H3,(H,30,36). The summed E-state index contributed by atoms with van der Waals surface area (Å²) in [4.78, 5) is 18.8. The van der Waals surface area contributed by atoms with E-state index in [1.807, 2.05) is 13.0 Å². The lowest BCUT2D eigenvalue weighted by molar-refractivity contribution is 0.155. The van der Waals surface area contributed by atoms with Crippen molar-refractivity contribution in [1.29, 1.82) is 0 Å². The largest absolute Gasteiger partial charge is 0.321 e. The minimum Gasteiger partial charge on any atom is -0.321 e. The number of fused-ring (bicyclic) bond motifs is 1. The zero-order chi connectivity index (χ0) is 25.1. The predicted octanol–water partition coefficient (Wildman–Crippen LogP) is 5.79. The summed E-state index contributed by atoms with van der Waals surface area (Å²) in [6.07, 6.45) is 6.82. The van der Waals surface area contributed by atoms with Gasteiger partial charge in [-0.2, -0.15) is 0 Å². The molecular formula is C29H36N6O. The first-order valence-electron chi connectivity index (χ1n) is 13.2. The molecule has 5 rings (SSSR count). The zero-order valence-electron chi connectivity index (χ0n) is 21.6. The molecule has 0 saturated heterocycles. The molecule has 1 fully saturated rings. The molecule has 2 heterocycles. The number of aromatic amines is 1. The second-order valence-electron chi connectivity index (χ2n) is 10.2. The highest BCUT2D eigenvalue weighted by atomic mass is 16.1. The van der Waals surface area contributed by atoms with Gasteiger partial charge in [0.2, 0.25) is 0 Å². The maximum absolute atomic E-state index is 13.3. The van der Waals surface area contributed by atoms with Crippen LogP contribution in [0.25, 0.3) is 10.9 Å². The van der Waals surface area contributed by atoms with E-state index in [4.69, 9.17) is 0 Å². The second kappa shape index (κ2) is 10.7. The van der Waals surface area contributed by atoms with Gasteiger partial charge in [-0.1, -0.05) is 68.7 Å². The van der Waals surface area contributed by atoms with Crippen LogP contribution in [-0.2, 0) is 13.1 Å². The third kappa shape index (κ3) is 4.98. The molecule has 7 nitrogen and oxygen atoms in total. The fraction of sp³-hybridized carbons (Fsp3) is 0.448. The number of tetrazole rings is 1. The fourth-order valence-corrected chi connectivity index (χ4v) is 5.66. The van der Waals surface area contributed by atoms with Gasteiger partial charge in [0.05, 0.1) is 17.6 Å². The van der Waals surface area contributed by atoms with Crippen molar-refractivity contribution in [2.75, 3.05) is 0 Å². The number of pyridine rings is 1. The van der Waals surface area contributed by atoms with E-state index in [1.165, 1.54) is 24.8 Å². The Morgan fingerprint density at radius 2 is 1.78 bits per heavy atom. The first-order valence-corrected chi connectivity index (χ1v) is 13.2. The summed E-state index contributed by atoms with van der Waals surface area (Å²) in [6.45, 7) is 7.54. The molecule has 188 valence electrons. The molecule has 1 unspecified atom stereocenters. The van der Waals surface area contributed by atoms with Gasteiger partial charge in [0.1, 0.15) is 0 Å². The van der Waals surface area contributed by atoms with E-state index in [0.717, 1.165) is 52.7 Å². The van der Waals surface area contributed by atoms with Crippen LogP contribution in [0, 0.1) is 13.8 Å². The van der Waals surface area contributed by atoms with Crippen LogP contribution in [0.2, 0.25) is 0 Å². The number of H-pyrrole nitrogens is 1. The zero-order valence-corrected chi connectivity index (χ0v) is 21.6. The number of nitrogens with zero attached hydrogens (tertiary/aromatic N) is 5. The van der Waals surface area contributed by atoms with E-state index in [-0.39, 0.29) is 11.6 Å². The Morgan fingerprint density at radius 3 is 2.53 bits per heavy atom. The first kappa shape index (κ1) is 24.4. The SMILES string of the molecule is CCC(c1nnnn1C1CCCCC1)N(Cc1ccccc1)Cc1cc2c(C)ccc(C)c2[nH]c1=O. The molecule has 0 bridgehead atoms. The Kier molecular flexibility index (Phi) is 7.28. The maximum Gasteiger partial charge on any atom is 0.252 e. The van der Waals surface area contributed by atoms with Gasteiger partial charge < -0.3 is 4.98 Å². The lowest BCUT2D eigenvalue weighted by Crippen LogP contribution is -2.33. The summed E-state index contributed by atoms with van der Waals surface area (Å²) < 4.78 is 2.07. The van der Waals surface area contributed by atoms with Crippen molar-refractivity contribution in [2.45, 2.75) is 84.5 Å². The molecule has 2 aromatic carbocycles. The van der Waals surface area contributed by atoms with Crippen molar-refractivity contribution in [2.24, 2.45) is 0 Å². The molecule has 1 N–H and O–H groups in total. The van der Waals surface area contributed by atoms with E-state index in [1.54, 1.807) is 0 Å². The van der Waals surface area contributed by atoms with Crippen LogP contribution < -0.4 is 5.56 Å². The first-order chi connectivity index (χ1) is 17.5. The molecule has 1 saturated carbocycles. The Balaban J connectivity index is 1.54. The Morgan fingerprint density at radius 1 is 1.03 bits per heavy atom. The van der Waals surface area contributed by atoms with Crippen LogP contribution in [-0.4, -0.2) is 30.1 Å². The molecular weight excluding hydrogens is 448 g/mol. The molecule has 0 aliphatic heterocycles. The molecule has 2 aromatic heterocycles. The molecule has 0 spiro atoms. The van der Waals surface area contributed by atoms with Crippen molar-refractivity contribution in [3.05, 3.63) is 87.0 Å². The normalized spacial score (nSPS) is 15.6. The van der Waals surface area contributed by atoms with Crippen LogP contribution in [0.1, 0.15) is 85.6 Å². The Hall–Kier alpha value is -3.32. The molecule has 1 aliphatic rings. The lowest BCUT2D eigenvalue weighted by atomic mass is 9.95. The van der Waals surface area contributed by atoms with E-state index < -0.39 is 0 Å². The third-order valence-corrected chi connectivity index (χ3v) is 7.69. The monoisotopic (exact) mass is 484 g/mol. The Labute approximate surface area is 212 Å².